The van der Waals surface area contributed by atoms with Crippen LogP contribution in [-0.4, -0.2) is 28.1 Å². The first-order valence-electron chi connectivity index (χ1n) is 12.0. The zero-order valence-corrected chi connectivity index (χ0v) is 20.5. The first kappa shape index (κ1) is 24.9. The summed E-state index contributed by atoms with van der Waals surface area (Å²) >= 11 is 0. The van der Waals surface area contributed by atoms with E-state index in [9.17, 15) is 19.5 Å². The maximum absolute atomic E-state index is 12.2. The van der Waals surface area contributed by atoms with Gasteiger partial charge in [0.2, 0.25) is 0 Å². The van der Waals surface area contributed by atoms with Crippen molar-refractivity contribution in [1.29, 1.82) is 0 Å². The van der Waals surface area contributed by atoms with Crippen molar-refractivity contribution in [3.63, 3.8) is 0 Å². The number of carbonyl (C=O) groups is 1. The number of fused-ring (bicyclic) bond motifs is 1. The largest absolute Gasteiger partial charge is 0.480 e. The zero-order chi connectivity index (χ0) is 25.8. The van der Waals surface area contributed by atoms with Crippen molar-refractivity contribution < 1.29 is 9.90 Å². The normalized spacial score (nSPS) is 13.0. The van der Waals surface area contributed by atoms with E-state index in [1.165, 1.54) is 0 Å². The van der Waals surface area contributed by atoms with Crippen LogP contribution in [-0.2, 0) is 11.2 Å². The topological polar surface area (TPSA) is 120 Å². The van der Waals surface area contributed by atoms with Crippen LogP contribution < -0.4 is 26.8 Å². The summed E-state index contributed by atoms with van der Waals surface area (Å²) in [5.74, 6) is 0.0418. The summed E-state index contributed by atoms with van der Waals surface area (Å²) in [7, 11) is 0. The molecule has 36 heavy (non-hydrogen) atoms. The molecule has 4 N–H and O–H groups in total. The second kappa shape index (κ2) is 10.6. The number of anilines is 4. The van der Waals surface area contributed by atoms with Gasteiger partial charge in [-0.15, -0.1) is 0 Å². The number of hydrogen-bond donors (Lipinski definition) is 4. The van der Waals surface area contributed by atoms with Crippen molar-refractivity contribution in [3.05, 3.63) is 86.8 Å². The number of carboxylic acid groups (broad SMARTS) is 1. The van der Waals surface area contributed by atoms with Crippen molar-refractivity contribution in [2.45, 2.75) is 45.7 Å². The number of rotatable bonds is 11. The first-order chi connectivity index (χ1) is 17.2. The van der Waals surface area contributed by atoms with Crippen molar-refractivity contribution in [2.24, 2.45) is 5.92 Å². The van der Waals surface area contributed by atoms with E-state index >= 15 is 0 Å². The molecule has 0 aliphatic heterocycles. The van der Waals surface area contributed by atoms with Gasteiger partial charge in [0, 0.05) is 29.7 Å². The Balaban J connectivity index is 1.45. The molecule has 4 rings (SSSR count). The first-order valence-corrected chi connectivity index (χ1v) is 12.0. The summed E-state index contributed by atoms with van der Waals surface area (Å²) in [6.07, 6.45) is 2.70. The highest BCUT2D eigenvalue weighted by atomic mass is 16.4. The number of nitrogens with zero attached hydrogens (tertiary/aromatic N) is 1. The molecule has 8 nitrogen and oxygen atoms in total. The lowest BCUT2D eigenvalue weighted by atomic mass is 10.0. The lowest BCUT2D eigenvalue weighted by Crippen LogP contribution is -2.43. The van der Waals surface area contributed by atoms with Crippen LogP contribution in [0, 0.1) is 5.92 Å². The minimum atomic E-state index is -1.11. The lowest BCUT2D eigenvalue weighted by molar-refractivity contribution is -0.137. The maximum atomic E-state index is 12.2. The molecule has 0 saturated carbocycles. The summed E-state index contributed by atoms with van der Waals surface area (Å²) in [5.41, 5.74) is 0.491. The van der Waals surface area contributed by atoms with E-state index in [4.69, 9.17) is 0 Å². The fourth-order valence-corrected chi connectivity index (χ4v) is 4.37. The average Bonchev–Trinajstić information content (AvgIpc) is 2.85. The number of aromatic nitrogens is 1. The maximum Gasteiger partial charge on any atom is 0.326 e. The van der Waals surface area contributed by atoms with Crippen LogP contribution in [0.3, 0.4) is 0 Å². The molecule has 1 aromatic heterocycles. The second-order valence-electron chi connectivity index (χ2n) is 9.53. The molecule has 0 saturated heterocycles. The number of pyridine rings is 1. The lowest BCUT2D eigenvalue weighted by Gasteiger charge is -2.23. The minimum Gasteiger partial charge on any atom is -0.480 e. The molecule has 0 spiro atoms. The standard InChI is InChI=1S/C28H30N4O4/c1-16(2)14-17(3)30-23-24(26(34)25(23)33)32-22(28(35)36)15-18-8-10-20(11-9-18)31-27-21-7-5-4-6-19(21)12-13-29-27/h4-13,16-17,22,30,32H,14-15H2,1-3H3,(H,29,31)(H,35,36)/t17-,22-/m0/s1. The number of aliphatic carboxylic acids is 1. The predicted molar refractivity (Wildman–Crippen MR) is 144 cm³/mol. The van der Waals surface area contributed by atoms with Crippen molar-refractivity contribution in [1.82, 2.24) is 4.98 Å². The molecule has 0 radical (unpaired) electrons. The van der Waals surface area contributed by atoms with Gasteiger partial charge in [0.15, 0.2) is 0 Å². The molecule has 8 heteroatoms. The van der Waals surface area contributed by atoms with Crippen LogP contribution >= 0.6 is 0 Å². The van der Waals surface area contributed by atoms with Gasteiger partial charge in [0.25, 0.3) is 10.9 Å². The van der Waals surface area contributed by atoms with E-state index in [-0.39, 0.29) is 23.8 Å². The highest BCUT2D eigenvalue weighted by Gasteiger charge is 2.27. The summed E-state index contributed by atoms with van der Waals surface area (Å²) in [6.45, 7) is 6.07. The van der Waals surface area contributed by atoms with Gasteiger partial charge in [0.05, 0.1) is 0 Å². The monoisotopic (exact) mass is 486 g/mol. The van der Waals surface area contributed by atoms with Crippen molar-refractivity contribution in [2.75, 3.05) is 16.0 Å². The molecule has 0 aliphatic rings. The number of hydrogen-bond acceptors (Lipinski definition) is 7. The summed E-state index contributed by atoms with van der Waals surface area (Å²) < 4.78 is 0. The molecular weight excluding hydrogens is 456 g/mol. The van der Waals surface area contributed by atoms with Gasteiger partial charge in [0.1, 0.15) is 23.2 Å². The van der Waals surface area contributed by atoms with Crippen LogP contribution in [0.25, 0.3) is 10.8 Å². The molecular formula is C28H30N4O4. The van der Waals surface area contributed by atoms with Gasteiger partial charge in [-0.25, -0.2) is 9.78 Å². The van der Waals surface area contributed by atoms with Gasteiger partial charge >= 0.3 is 5.97 Å². The predicted octanol–water partition coefficient (Wildman–Crippen LogP) is 4.53. The van der Waals surface area contributed by atoms with Crippen LogP contribution in [0.4, 0.5) is 22.9 Å². The quantitative estimate of drug-likeness (QED) is 0.228. The minimum absolute atomic E-state index is 0.0200. The molecule has 0 fully saturated rings. The smallest absolute Gasteiger partial charge is 0.326 e. The fourth-order valence-electron chi connectivity index (χ4n) is 4.37. The number of nitrogens with one attached hydrogen (secondary N) is 3. The molecule has 1 heterocycles. The Bertz CT molecular complexity index is 1430. The Morgan fingerprint density at radius 2 is 1.58 bits per heavy atom. The Morgan fingerprint density at radius 3 is 2.25 bits per heavy atom. The Kier molecular flexibility index (Phi) is 7.33. The SMILES string of the molecule is CC(C)C[C@H](C)Nc1c(N[C@@H](Cc2ccc(Nc3nccc4ccccc34)cc2)C(=O)O)c(=O)c1=O. The molecule has 4 aromatic rings. The highest BCUT2D eigenvalue weighted by Crippen LogP contribution is 2.25. The van der Waals surface area contributed by atoms with Gasteiger partial charge in [-0.1, -0.05) is 50.2 Å². The Morgan fingerprint density at radius 1 is 0.917 bits per heavy atom. The number of benzene rings is 2. The van der Waals surface area contributed by atoms with E-state index in [1.54, 1.807) is 6.20 Å². The third-order valence-electron chi connectivity index (χ3n) is 6.07. The van der Waals surface area contributed by atoms with E-state index in [0.717, 1.165) is 34.3 Å². The highest BCUT2D eigenvalue weighted by molar-refractivity contribution is 5.93. The van der Waals surface area contributed by atoms with E-state index in [1.807, 2.05) is 61.5 Å². The zero-order valence-electron chi connectivity index (χ0n) is 20.5. The Hall–Kier alpha value is -4.20. The summed E-state index contributed by atoms with van der Waals surface area (Å²) in [6, 6.07) is 16.2. The summed E-state index contributed by atoms with van der Waals surface area (Å²) in [4.78, 5) is 40.7. The molecule has 0 bridgehead atoms. The Labute approximate surface area is 209 Å². The third-order valence-corrected chi connectivity index (χ3v) is 6.07. The van der Waals surface area contributed by atoms with Crippen LogP contribution in [0.2, 0.25) is 0 Å². The summed E-state index contributed by atoms with van der Waals surface area (Å²) in [5, 5.41) is 21.0. The molecule has 0 unspecified atom stereocenters. The van der Waals surface area contributed by atoms with E-state index in [2.05, 4.69) is 34.8 Å². The van der Waals surface area contributed by atoms with Crippen LogP contribution in [0.5, 0.6) is 0 Å². The van der Waals surface area contributed by atoms with E-state index in [0.29, 0.717) is 5.92 Å². The molecule has 0 aliphatic carbocycles. The van der Waals surface area contributed by atoms with E-state index < -0.39 is 22.9 Å². The van der Waals surface area contributed by atoms with Crippen LogP contribution in [0.1, 0.15) is 32.8 Å². The van der Waals surface area contributed by atoms with Crippen molar-refractivity contribution >= 4 is 39.6 Å². The van der Waals surface area contributed by atoms with Gasteiger partial charge in [-0.2, -0.15) is 0 Å². The van der Waals surface area contributed by atoms with Crippen LogP contribution in [0.15, 0.2) is 70.4 Å². The molecule has 3 aromatic carbocycles. The van der Waals surface area contributed by atoms with Gasteiger partial charge in [-0.05, 0) is 48.4 Å². The molecule has 0 amide bonds. The second-order valence-corrected chi connectivity index (χ2v) is 9.53. The molecule has 2 atom stereocenters. The fraction of sp³-hybridized carbons (Fsp3) is 0.286. The van der Waals surface area contributed by atoms with Gasteiger partial charge < -0.3 is 21.1 Å². The van der Waals surface area contributed by atoms with Gasteiger partial charge in [-0.3, -0.25) is 9.59 Å². The van der Waals surface area contributed by atoms with Crippen molar-refractivity contribution in [3.8, 4) is 0 Å². The third kappa shape index (κ3) is 5.54. The number of carboxylic acids is 1. The average molecular weight is 487 g/mol. The molecule has 186 valence electrons.